The largest absolute Gasteiger partial charge is 0.307 e. The predicted octanol–water partition coefficient (Wildman–Crippen LogP) is 4.90. The van der Waals surface area contributed by atoms with Crippen LogP contribution in [0.2, 0.25) is 0 Å². The number of Topliss-reactive ketones (excluding diaryl/α,β-unsaturated/α-hetero) is 1. The van der Waals surface area contributed by atoms with E-state index in [1.165, 1.54) is 11.1 Å². The Labute approximate surface area is 132 Å². The summed E-state index contributed by atoms with van der Waals surface area (Å²) in [6.07, 6.45) is 6.00. The summed E-state index contributed by atoms with van der Waals surface area (Å²) in [5, 5.41) is 0. The molecule has 22 heavy (non-hydrogen) atoms. The zero-order valence-corrected chi connectivity index (χ0v) is 13.4. The number of hydrogen-bond acceptors (Lipinski definition) is 1. The number of carbonyl (C=O) groups is 1. The molecule has 0 N–H and O–H groups in total. The molecular formula is C20H21NO. The van der Waals surface area contributed by atoms with Crippen LogP contribution in [0.15, 0.2) is 48.2 Å². The van der Waals surface area contributed by atoms with Crippen molar-refractivity contribution >= 4 is 11.4 Å². The van der Waals surface area contributed by atoms with Crippen LogP contribution in [0, 0.1) is 23.3 Å². The Balaban J connectivity index is 2.06. The van der Waals surface area contributed by atoms with Crippen molar-refractivity contribution in [3.05, 3.63) is 65.2 Å². The second-order valence-electron chi connectivity index (χ2n) is 7.26. The van der Waals surface area contributed by atoms with Crippen LogP contribution in [0.4, 0.5) is 0 Å². The Bertz CT molecular complexity index is 718. The molecule has 0 amide bonds. The summed E-state index contributed by atoms with van der Waals surface area (Å²) in [6.45, 7) is 13.5. The molecule has 0 radical (unpaired) electrons. The first kappa shape index (κ1) is 14.8. The van der Waals surface area contributed by atoms with Gasteiger partial charge in [-0.2, -0.15) is 0 Å². The van der Waals surface area contributed by atoms with Gasteiger partial charge in [0.15, 0.2) is 5.78 Å². The van der Waals surface area contributed by atoms with Crippen LogP contribution < -0.4 is 0 Å². The number of carbonyl (C=O) groups excluding carboxylic acids is 1. The van der Waals surface area contributed by atoms with Crippen LogP contribution in [0.5, 0.6) is 0 Å². The van der Waals surface area contributed by atoms with Crippen LogP contribution in [0.25, 0.3) is 10.4 Å². The van der Waals surface area contributed by atoms with E-state index in [1.807, 2.05) is 26.0 Å². The van der Waals surface area contributed by atoms with Crippen molar-refractivity contribution in [3.8, 4) is 0 Å². The molecule has 0 saturated heterocycles. The highest BCUT2D eigenvalue weighted by Gasteiger charge is 2.51. The minimum atomic E-state index is -0.470. The molecule has 2 aliphatic rings. The molecule has 1 aromatic rings. The maximum absolute atomic E-state index is 12.5. The van der Waals surface area contributed by atoms with E-state index in [-0.39, 0.29) is 17.1 Å². The first-order chi connectivity index (χ1) is 10.4. The first-order valence-electron chi connectivity index (χ1n) is 7.78. The summed E-state index contributed by atoms with van der Waals surface area (Å²) in [5.41, 5.74) is 2.29. The smallest absolute Gasteiger partial charge is 0.226 e. The molecule has 0 bridgehead atoms. The molecule has 2 heteroatoms. The minimum absolute atomic E-state index is 0.00142. The fourth-order valence-electron chi connectivity index (χ4n) is 4.23. The molecule has 2 atom stereocenters. The Morgan fingerprint density at radius 1 is 1.18 bits per heavy atom. The Morgan fingerprint density at radius 3 is 2.50 bits per heavy atom. The maximum Gasteiger partial charge on any atom is 0.226 e. The summed E-state index contributed by atoms with van der Waals surface area (Å²) in [4.78, 5) is 16.0. The molecule has 0 heterocycles. The number of nitrogens with zero attached hydrogens (tertiary/aromatic N) is 1. The van der Waals surface area contributed by atoms with Crippen LogP contribution in [0.1, 0.15) is 39.2 Å². The Hall–Kier alpha value is -2.14. The van der Waals surface area contributed by atoms with Crippen molar-refractivity contribution in [2.75, 3.05) is 0 Å². The number of ketones is 1. The molecule has 2 aliphatic carbocycles. The lowest BCUT2D eigenvalue weighted by molar-refractivity contribution is -0.129. The highest BCUT2D eigenvalue weighted by atomic mass is 16.1. The van der Waals surface area contributed by atoms with Crippen molar-refractivity contribution in [2.24, 2.45) is 16.7 Å². The summed E-state index contributed by atoms with van der Waals surface area (Å²) in [6, 6.07) is 10.4. The quantitative estimate of drug-likeness (QED) is 0.674. The third-order valence-electron chi connectivity index (χ3n) is 5.39. The fraction of sp³-hybridized carbons (Fsp3) is 0.400. The van der Waals surface area contributed by atoms with E-state index >= 15 is 0 Å². The van der Waals surface area contributed by atoms with Crippen molar-refractivity contribution in [2.45, 2.75) is 33.6 Å². The topological polar surface area (TPSA) is 21.4 Å². The molecule has 0 unspecified atom stereocenters. The van der Waals surface area contributed by atoms with Gasteiger partial charge in [-0.15, -0.1) is 0 Å². The van der Waals surface area contributed by atoms with E-state index in [9.17, 15) is 4.79 Å². The normalized spacial score (nSPS) is 29.9. The monoisotopic (exact) mass is 291 g/mol. The maximum atomic E-state index is 12.5. The molecule has 0 saturated carbocycles. The van der Waals surface area contributed by atoms with Crippen LogP contribution in [0.3, 0.4) is 0 Å². The average molecular weight is 291 g/mol. The van der Waals surface area contributed by atoms with Gasteiger partial charge in [-0.25, -0.2) is 4.85 Å². The van der Waals surface area contributed by atoms with Crippen LogP contribution >= 0.6 is 0 Å². The van der Waals surface area contributed by atoms with Crippen molar-refractivity contribution in [3.63, 3.8) is 0 Å². The number of benzene rings is 1. The third kappa shape index (κ3) is 2.13. The highest BCUT2D eigenvalue weighted by Crippen LogP contribution is 2.56. The number of allylic oxidation sites excluding steroid dienone is 4. The van der Waals surface area contributed by atoms with Crippen LogP contribution in [-0.2, 0) is 4.79 Å². The molecule has 0 spiro atoms. The van der Waals surface area contributed by atoms with Crippen LogP contribution in [-0.4, -0.2) is 5.78 Å². The van der Waals surface area contributed by atoms with E-state index in [0.717, 1.165) is 12.8 Å². The second-order valence-corrected chi connectivity index (χ2v) is 7.26. The van der Waals surface area contributed by atoms with E-state index in [1.54, 1.807) is 0 Å². The zero-order chi connectivity index (χ0) is 16.0. The summed E-state index contributed by atoms with van der Waals surface area (Å²) < 4.78 is 0. The number of hydrogen-bond donors (Lipinski definition) is 0. The van der Waals surface area contributed by atoms with Gasteiger partial charge in [0, 0.05) is 5.41 Å². The predicted molar refractivity (Wildman–Crippen MR) is 88.7 cm³/mol. The van der Waals surface area contributed by atoms with Gasteiger partial charge in [-0.05, 0) is 35.3 Å². The lowest BCUT2D eigenvalue weighted by Crippen LogP contribution is -2.47. The van der Waals surface area contributed by atoms with Gasteiger partial charge in [0.05, 0.1) is 6.57 Å². The van der Waals surface area contributed by atoms with Crippen molar-refractivity contribution in [1.82, 2.24) is 0 Å². The van der Waals surface area contributed by atoms with Gasteiger partial charge in [-0.1, -0.05) is 63.3 Å². The molecule has 3 rings (SSSR count). The van der Waals surface area contributed by atoms with Gasteiger partial charge in [0.2, 0.25) is 5.70 Å². The number of fused-ring (bicyclic) bond motifs is 1. The van der Waals surface area contributed by atoms with Gasteiger partial charge < -0.3 is 4.79 Å². The molecule has 112 valence electrons. The molecule has 0 fully saturated rings. The average Bonchev–Trinajstić information content (AvgIpc) is 2.51. The SMILES string of the molecule is [C-]#[N+]C1=C[C@@]2(C)CC(c3ccccc3)=CC[C@@H]2C(C)(C)C1=O. The highest BCUT2D eigenvalue weighted by molar-refractivity contribution is 6.02. The first-order valence-corrected chi connectivity index (χ1v) is 7.78. The van der Waals surface area contributed by atoms with Gasteiger partial charge in [0.1, 0.15) is 0 Å². The second kappa shape index (κ2) is 4.95. The Morgan fingerprint density at radius 2 is 1.86 bits per heavy atom. The van der Waals surface area contributed by atoms with Crippen molar-refractivity contribution in [1.29, 1.82) is 0 Å². The molecular weight excluding hydrogens is 270 g/mol. The molecule has 0 aliphatic heterocycles. The number of rotatable bonds is 1. The molecule has 2 nitrogen and oxygen atoms in total. The minimum Gasteiger partial charge on any atom is -0.307 e. The van der Waals surface area contributed by atoms with E-state index in [4.69, 9.17) is 6.57 Å². The lowest BCUT2D eigenvalue weighted by Gasteiger charge is -2.50. The standard InChI is InChI=1S/C20H21NO/c1-19(2)17-11-10-15(14-8-6-5-7-9-14)12-20(17,3)13-16(21-4)18(19)22/h5-10,13,17H,11-12H2,1-3H3/t17-,20-/m1/s1. The molecule has 0 aromatic heterocycles. The van der Waals surface area contributed by atoms with E-state index in [2.05, 4.69) is 42.1 Å². The van der Waals surface area contributed by atoms with Gasteiger partial charge in [0.25, 0.3) is 0 Å². The fourth-order valence-corrected chi connectivity index (χ4v) is 4.23. The third-order valence-corrected chi connectivity index (χ3v) is 5.39. The lowest BCUT2D eigenvalue weighted by atomic mass is 9.53. The zero-order valence-electron chi connectivity index (χ0n) is 13.4. The summed E-state index contributed by atoms with van der Waals surface area (Å²) >= 11 is 0. The van der Waals surface area contributed by atoms with Gasteiger partial charge in [-0.3, -0.25) is 0 Å². The summed E-state index contributed by atoms with van der Waals surface area (Å²) in [7, 11) is 0. The van der Waals surface area contributed by atoms with Crippen molar-refractivity contribution < 1.29 is 4.79 Å². The van der Waals surface area contributed by atoms with E-state index < -0.39 is 5.41 Å². The Kier molecular flexibility index (Phi) is 3.33. The molecule has 1 aromatic carbocycles. The summed E-state index contributed by atoms with van der Waals surface area (Å²) in [5.74, 6) is 0.256. The van der Waals surface area contributed by atoms with Gasteiger partial charge >= 0.3 is 0 Å². The van der Waals surface area contributed by atoms with E-state index in [0.29, 0.717) is 5.70 Å².